The van der Waals surface area contributed by atoms with Crippen LogP contribution in [-0.2, 0) is 16.1 Å². The number of nitrogens with zero attached hydrogens (tertiary/aromatic N) is 1. The third-order valence-electron chi connectivity index (χ3n) is 3.65. The zero-order valence-corrected chi connectivity index (χ0v) is 11.5. The van der Waals surface area contributed by atoms with E-state index in [1.54, 1.807) is 6.20 Å². The van der Waals surface area contributed by atoms with E-state index in [9.17, 15) is 9.59 Å². The molecule has 0 saturated heterocycles. The first-order chi connectivity index (χ1) is 9.10. The van der Waals surface area contributed by atoms with Crippen molar-refractivity contribution in [1.29, 1.82) is 0 Å². The standard InChI is InChI=1S/C13H18N2O3S/c16-10(15-9-11-14-5-6-19-11)7-13(8-12(17)18)3-1-2-4-13/h5-6H,1-4,7-9H2,(H,15,16)(H,17,18). The predicted molar refractivity (Wildman–Crippen MR) is 71.7 cm³/mol. The number of nitrogens with one attached hydrogen (secondary N) is 1. The summed E-state index contributed by atoms with van der Waals surface area (Å²) in [4.78, 5) is 27.0. The van der Waals surface area contributed by atoms with Gasteiger partial charge in [-0.3, -0.25) is 9.59 Å². The molecule has 1 aliphatic carbocycles. The van der Waals surface area contributed by atoms with Crippen LogP contribution in [0.2, 0.25) is 0 Å². The van der Waals surface area contributed by atoms with Crippen molar-refractivity contribution >= 4 is 23.2 Å². The van der Waals surface area contributed by atoms with E-state index in [1.165, 1.54) is 11.3 Å². The van der Waals surface area contributed by atoms with Crippen molar-refractivity contribution < 1.29 is 14.7 Å². The number of hydrogen-bond acceptors (Lipinski definition) is 4. The molecule has 2 rings (SSSR count). The molecule has 6 heteroatoms. The summed E-state index contributed by atoms with van der Waals surface area (Å²) in [6, 6.07) is 0. The maximum absolute atomic E-state index is 12.0. The minimum Gasteiger partial charge on any atom is -0.481 e. The fourth-order valence-electron chi connectivity index (χ4n) is 2.78. The lowest BCUT2D eigenvalue weighted by Crippen LogP contribution is -2.31. The van der Waals surface area contributed by atoms with Crippen LogP contribution >= 0.6 is 11.3 Å². The Bertz CT molecular complexity index is 439. The molecule has 5 nitrogen and oxygen atoms in total. The monoisotopic (exact) mass is 282 g/mol. The molecule has 0 bridgehead atoms. The van der Waals surface area contributed by atoms with Gasteiger partial charge in [-0.25, -0.2) is 4.98 Å². The average molecular weight is 282 g/mol. The van der Waals surface area contributed by atoms with Gasteiger partial charge in [-0.15, -0.1) is 11.3 Å². The molecule has 1 aromatic rings. The summed E-state index contributed by atoms with van der Waals surface area (Å²) >= 11 is 1.50. The minimum atomic E-state index is -0.811. The van der Waals surface area contributed by atoms with Gasteiger partial charge < -0.3 is 10.4 Å². The van der Waals surface area contributed by atoms with Crippen LogP contribution in [0.15, 0.2) is 11.6 Å². The third kappa shape index (κ3) is 4.02. The number of thiazole rings is 1. The highest BCUT2D eigenvalue weighted by atomic mass is 32.1. The number of carbonyl (C=O) groups is 2. The van der Waals surface area contributed by atoms with Crippen molar-refractivity contribution in [3.8, 4) is 0 Å². The molecule has 1 heterocycles. The van der Waals surface area contributed by atoms with Gasteiger partial charge in [0.1, 0.15) is 5.01 Å². The quantitative estimate of drug-likeness (QED) is 0.838. The first-order valence-corrected chi connectivity index (χ1v) is 7.34. The van der Waals surface area contributed by atoms with Crippen molar-refractivity contribution in [2.24, 2.45) is 5.41 Å². The van der Waals surface area contributed by atoms with Crippen molar-refractivity contribution in [3.63, 3.8) is 0 Å². The summed E-state index contributed by atoms with van der Waals surface area (Å²) in [6.45, 7) is 0.430. The lowest BCUT2D eigenvalue weighted by Gasteiger charge is -2.26. The summed E-state index contributed by atoms with van der Waals surface area (Å²) in [7, 11) is 0. The predicted octanol–water partition coefficient (Wildman–Crippen LogP) is 2.18. The number of amides is 1. The van der Waals surface area contributed by atoms with Crippen LogP contribution < -0.4 is 5.32 Å². The van der Waals surface area contributed by atoms with Crippen molar-refractivity contribution in [1.82, 2.24) is 10.3 Å². The molecule has 1 amide bonds. The molecule has 0 atom stereocenters. The van der Waals surface area contributed by atoms with Crippen LogP contribution in [0.3, 0.4) is 0 Å². The summed E-state index contributed by atoms with van der Waals surface area (Å²) in [5, 5.41) is 14.6. The van der Waals surface area contributed by atoms with Gasteiger partial charge in [-0.1, -0.05) is 12.8 Å². The van der Waals surface area contributed by atoms with E-state index in [2.05, 4.69) is 10.3 Å². The second-order valence-electron chi connectivity index (χ2n) is 5.16. The molecule has 0 unspecified atom stereocenters. The van der Waals surface area contributed by atoms with Gasteiger partial charge in [0.25, 0.3) is 0 Å². The normalized spacial score (nSPS) is 17.3. The maximum atomic E-state index is 12.0. The topological polar surface area (TPSA) is 79.3 Å². The second kappa shape index (κ2) is 6.14. The van der Waals surface area contributed by atoms with Gasteiger partial charge in [0.2, 0.25) is 5.91 Å². The number of aliphatic carboxylic acids is 1. The Morgan fingerprint density at radius 2 is 2.11 bits per heavy atom. The highest BCUT2D eigenvalue weighted by molar-refractivity contribution is 7.09. The maximum Gasteiger partial charge on any atom is 0.303 e. The van der Waals surface area contributed by atoms with Crippen molar-refractivity contribution in [2.75, 3.05) is 0 Å². The Hall–Kier alpha value is -1.43. The van der Waals surface area contributed by atoms with Gasteiger partial charge >= 0.3 is 5.97 Å². The average Bonchev–Trinajstić information content (AvgIpc) is 2.97. The molecule has 1 aliphatic rings. The van der Waals surface area contributed by atoms with E-state index >= 15 is 0 Å². The van der Waals surface area contributed by atoms with E-state index in [4.69, 9.17) is 5.11 Å². The number of rotatable bonds is 6. The zero-order valence-electron chi connectivity index (χ0n) is 10.7. The molecular weight excluding hydrogens is 264 g/mol. The van der Waals surface area contributed by atoms with Crippen molar-refractivity contribution in [2.45, 2.75) is 45.1 Å². The van der Waals surface area contributed by atoms with Crippen LogP contribution in [0, 0.1) is 5.41 Å². The van der Waals surface area contributed by atoms with Gasteiger partial charge in [0.15, 0.2) is 0 Å². The van der Waals surface area contributed by atoms with Crippen molar-refractivity contribution in [3.05, 3.63) is 16.6 Å². The molecule has 0 spiro atoms. The molecule has 1 saturated carbocycles. The van der Waals surface area contributed by atoms with E-state index in [-0.39, 0.29) is 17.7 Å². The van der Waals surface area contributed by atoms with Crippen LogP contribution in [0.5, 0.6) is 0 Å². The van der Waals surface area contributed by atoms with Crippen LogP contribution in [0.1, 0.15) is 43.5 Å². The van der Waals surface area contributed by atoms with Gasteiger partial charge in [-0.05, 0) is 18.3 Å². The highest BCUT2D eigenvalue weighted by Crippen LogP contribution is 2.43. The lowest BCUT2D eigenvalue weighted by atomic mass is 9.79. The molecule has 1 fully saturated rings. The third-order valence-corrected chi connectivity index (χ3v) is 4.43. The first kappa shape index (κ1) is 14.0. The number of carboxylic acids is 1. The largest absolute Gasteiger partial charge is 0.481 e. The number of carbonyl (C=O) groups excluding carboxylic acids is 1. The van der Waals surface area contributed by atoms with Crippen LogP contribution in [0.4, 0.5) is 0 Å². The van der Waals surface area contributed by atoms with E-state index in [1.807, 2.05) is 5.38 Å². The number of carboxylic acid groups (broad SMARTS) is 1. The van der Waals surface area contributed by atoms with Crippen LogP contribution in [-0.4, -0.2) is 22.0 Å². The highest BCUT2D eigenvalue weighted by Gasteiger charge is 2.37. The Morgan fingerprint density at radius 3 is 2.68 bits per heavy atom. The lowest BCUT2D eigenvalue weighted by molar-refractivity contribution is -0.140. The Kier molecular flexibility index (Phi) is 4.52. The van der Waals surface area contributed by atoms with E-state index in [0.717, 1.165) is 30.7 Å². The molecule has 0 radical (unpaired) electrons. The first-order valence-electron chi connectivity index (χ1n) is 6.47. The fourth-order valence-corrected chi connectivity index (χ4v) is 3.34. The summed E-state index contributed by atoms with van der Waals surface area (Å²) in [6.07, 6.45) is 5.82. The second-order valence-corrected chi connectivity index (χ2v) is 6.14. The summed E-state index contributed by atoms with van der Waals surface area (Å²) in [5.74, 6) is -0.882. The van der Waals surface area contributed by atoms with Gasteiger partial charge in [0, 0.05) is 18.0 Å². The molecular formula is C13H18N2O3S. The molecule has 1 aromatic heterocycles. The molecule has 104 valence electrons. The SMILES string of the molecule is O=C(O)CC1(CC(=O)NCc2nccs2)CCCC1. The molecule has 0 aromatic carbocycles. The van der Waals surface area contributed by atoms with Gasteiger partial charge in [-0.2, -0.15) is 0 Å². The Labute approximate surface area is 116 Å². The molecule has 0 aliphatic heterocycles. The molecule has 19 heavy (non-hydrogen) atoms. The molecule has 2 N–H and O–H groups in total. The number of aromatic nitrogens is 1. The zero-order chi connectivity index (χ0) is 13.7. The summed E-state index contributed by atoms with van der Waals surface area (Å²) in [5.41, 5.74) is -0.335. The van der Waals surface area contributed by atoms with E-state index < -0.39 is 5.97 Å². The van der Waals surface area contributed by atoms with E-state index in [0.29, 0.717) is 13.0 Å². The fraction of sp³-hybridized carbons (Fsp3) is 0.615. The number of hydrogen-bond donors (Lipinski definition) is 2. The Balaban J connectivity index is 1.86. The summed E-state index contributed by atoms with van der Waals surface area (Å²) < 4.78 is 0. The van der Waals surface area contributed by atoms with Crippen LogP contribution in [0.25, 0.3) is 0 Å². The smallest absolute Gasteiger partial charge is 0.303 e. The van der Waals surface area contributed by atoms with Gasteiger partial charge in [0.05, 0.1) is 13.0 Å². The Morgan fingerprint density at radius 1 is 1.37 bits per heavy atom. The minimum absolute atomic E-state index is 0.0710.